The Labute approximate surface area is 161 Å². The third-order valence-electron chi connectivity index (χ3n) is 3.54. The van der Waals surface area contributed by atoms with Crippen molar-refractivity contribution < 1.29 is 19.1 Å². The van der Waals surface area contributed by atoms with E-state index in [4.69, 9.17) is 33.7 Å². The maximum atomic E-state index is 12.1. The fourth-order valence-electron chi connectivity index (χ4n) is 2.16. The second-order valence-corrected chi connectivity index (χ2v) is 6.35. The van der Waals surface area contributed by atoms with E-state index in [-0.39, 0.29) is 12.5 Å². The topological polar surface area (TPSA) is 90.6 Å². The number of rotatable bonds is 6. The first-order valence-electron chi connectivity index (χ1n) is 7.66. The molecule has 6 nitrogen and oxygen atoms in total. The summed E-state index contributed by atoms with van der Waals surface area (Å²) in [5, 5.41) is 3.30. The number of benzene rings is 2. The first-order valence-corrected chi connectivity index (χ1v) is 8.42. The molecule has 2 aromatic rings. The lowest BCUT2D eigenvalue weighted by Crippen LogP contribution is -2.39. The van der Waals surface area contributed by atoms with Gasteiger partial charge in [-0.05, 0) is 36.8 Å². The van der Waals surface area contributed by atoms with E-state index < -0.39 is 12.0 Å². The molecule has 8 heteroatoms. The van der Waals surface area contributed by atoms with Gasteiger partial charge in [0, 0.05) is 10.6 Å². The van der Waals surface area contributed by atoms with Gasteiger partial charge in [0.1, 0.15) is 12.6 Å². The molecule has 0 saturated carbocycles. The summed E-state index contributed by atoms with van der Waals surface area (Å²) >= 11 is 11.9. The number of nitrogens with one attached hydrogen (secondary N) is 1. The fourth-order valence-corrected chi connectivity index (χ4v) is 2.72. The zero-order chi connectivity index (χ0) is 19.3. The third-order valence-corrected chi connectivity index (χ3v) is 4.04. The van der Waals surface area contributed by atoms with Crippen LogP contribution in [-0.2, 0) is 16.1 Å². The lowest BCUT2D eigenvalue weighted by atomic mass is 10.1. The van der Waals surface area contributed by atoms with Gasteiger partial charge in [0.05, 0.1) is 17.8 Å². The Hall–Kier alpha value is -2.44. The van der Waals surface area contributed by atoms with E-state index in [1.54, 1.807) is 43.3 Å². The van der Waals surface area contributed by atoms with Gasteiger partial charge in [0.25, 0.3) is 5.91 Å². The molecule has 2 rings (SSSR count). The van der Waals surface area contributed by atoms with Crippen molar-refractivity contribution in [1.82, 2.24) is 5.32 Å². The van der Waals surface area contributed by atoms with Gasteiger partial charge in [-0.25, -0.2) is 4.79 Å². The van der Waals surface area contributed by atoms with E-state index >= 15 is 0 Å². The largest absolute Gasteiger partial charge is 0.485 e. The molecule has 0 fully saturated rings. The smallest absolute Gasteiger partial charge is 0.328 e. The highest BCUT2D eigenvalue weighted by molar-refractivity contribution is 6.36. The molecular formula is C18H18Cl2N2O4. The Kier molecular flexibility index (Phi) is 6.71. The van der Waals surface area contributed by atoms with E-state index in [0.29, 0.717) is 27.0 Å². The minimum atomic E-state index is -0.731. The number of hydrogen-bond acceptors (Lipinski definition) is 5. The molecule has 0 bridgehead atoms. The monoisotopic (exact) mass is 396 g/mol. The van der Waals surface area contributed by atoms with Gasteiger partial charge >= 0.3 is 5.97 Å². The summed E-state index contributed by atoms with van der Waals surface area (Å²) in [6.45, 7) is 1.76. The van der Waals surface area contributed by atoms with Gasteiger partial charge in [-0.1, -0.05) is 35.3 Å². The lowest BCUT2D eigenvalue weighted by Gasteiger charge is -2.13. The number of nitrogen functional groups attached to an aromatic ring is 1. The Bertz CT molecular complexity index is 786. The number of halogens is 2. The summed E-state index contributed by atoms with van der Waals surface area (Å²) in [7, 11) is 1.26. The van der Waals surface area contributed by atoms with E-state index in [9.17, 15) is 9.59 Å². The number of ether oxygens (including phenoxy) is 2. The van der Waals surface area contributed by atoms with Crippen molar-refractivity contribution in [2.45, 2.75) is 19.6 Å². The van der Waals surface area contributed by atoms with Crippen molar-refractivity contribution in [1.29, 1.82) is 0 Å². The minimum Gasteiger partial charge on any atom is -0.485 e. The molecule has 0 heterocycles. The van der Waals surface area contributed by atoms with Crippen LogP contribution in [0.5, 0.6) is 5.75 Å². The van der Waals surface area contributed by atoms with E-state index in [2.05, 4.69) is 10.1 Å². The van der Waals surface area contributed by atoms with Gasteiger partial charge in [-0.2, -0.15) is 0 Å². The molecule has 0 aliphatic heterocycles. The molecule has 0 saturated heterocycles. The molecule has 1 amide bonds. The second kappa shape index (κ2) is 8.78. The minimum absolute atomic E-state index is 0.214. The quantitative estimate of drug-likeness (QED) is 0.576. The number of methoxy groups -OCH3 is 1. The highest BCUT2D eigenvalue weighted by Crippen LogP contribution is 2.34. The molecule has 0 spiro atoms. The van der Waals surface area contributed by atoms with Crippen molar-refractivity contribution in [2.24, 2.45) is 0 Å². The molecule has 1 unspecified atom stereocenters. The maximum Gasteiger partial charge on any atom is 0.328 e. The van der Waals surface area contributed by atoms with Gasteiger partial charge in [-0.15, -0.1) is 0 Å². The number of carbonyl (C=O) groups excluding carboxylic acids is 2. The van der Waals surface area contributed by atoms with Gasteiger partial charge in [-0.3, -0.25) is 4.79 Å². The summed E-state index contributed by atoms with van der Waals surface area (Å²) in [6.07, 6.45) is 0. The highest BCUT2D eigenvalue weighted by atomic mass is 35.5. The predicted octanol–water partition coefficient (Wildman–Crippen LogP) is 3.45. The van der Waals surface area contributed by atoms with Crippen LogP contribution < -0.4 is 15.8 Å². The van der Waals surface area contributed by atoms with Crippen LogP contribution in [-0.4, -0.2) is 25.0 Å². The molecule has 0 aromatic heterocycles. The number of hydrogen-bond donors (Lipinski definition) is 2. The van der Waals surface area contributed by atoms with Gasteiger partial charge < -0.3 is 20.5 Å². The first-order chi connectivity index (χ1) is 12.3. The summed E-state index contributed by atoms with van der Waals surface area (Å²) in [5.74, 6) is -0.536. The Morgan fingerprint density at radius 2 is 1.85 bits per heavy atom. The zero-order valence-electron chi connectivity index (χ0n) is 14.2. The van der Waals surface area contributed by atoms with Crippen LogP contribution in [0.2, 0.25) is 10.0 Å². The molecular weight excluding hydrogens is 379 g/mol. The van der Waals surface area contributed by atoms with Crippen molar-refractivity contribution in [3.05, 3.63) is 57.6 Å². The van der Waals surface area contributed by atoms with Crippen LogP contribution in [0.1, 0.15) is 22.8 Å². The molecule has 0 aliphatic carbocycles. The van der Waals surface area contributed by atoms with Gasteiger partial charge in [0.2, 0.25) is 0 Å². The second-order valence-electron chi connectivity index (χ2n) is 5.51. The van der Waals surface area contributed by atoms with Crippen molar-refractivity contribution >= 4 is 40.8 Å². The number of carbonyl (C=O) groups is 2. The summed E-state index contributed by atoms with van der Waals surface area (Å²) < 4.78 is 10.2. The lowest BCUT2D eigenvalue weighted by molar-refractivity contribution is -0.142. The molecule has 3 N–H and O–H groups in total. The van der Waals surface area contributed by atoms with Gasteiger partial charge in [0.15, 0.2) is 5.75 Å². The highest BCUT2D eigenvalue weighted by Gasteiger charge is 2.16. The Balaban J connectivity index is 2.00. The SMILES string of the molecule is COC(=O)C(C)NC(=O)c1ccc(COc2c(N)cc(Cl)cc2Cl)cc1. The summed E-state index contributed by atoms with van der Waals surface area (Å²) in [5.41, 5.74) is 7.41. The molecule has 0 radical (unpaired) electrons. The third kappa shape index (κ3) is 5.03. The van der Waals surface area contributed by atoms with Crippen molar-refractivity contribution in [2.75, 3.05) is 12.8 Å². The normalized spacial score (nSPS) is 11.5. The average molecular weight is 397 g/mol. The van der Waals surface area contributed by atoms with Crippen LogP contribution in [0.3, 0.4) is 0 Å². The van der Waals surface area contributed by atoms with Crippen LogP contribution in [0.25, 0.3) is 0 Å². The number of amides is 1. The molecule has 26 heavy (non-hydrogen) atoms. The summed E-state index contributed by atoms with van der Waals surface area (Å²) in [6, 6.07) is 9.10. The number of esters is 1. The first kappa shape index (κ1) is 19.9. The number of nitrogens with two attached hydrogens (primary N) is 1. The van der Waals surface area contributed by atoms with Crippen molar-refractivity contribution in [3.8, 4) is 5.75 Å². The molecule has 138 valence electrons. The average Bonchev–Trinajstić information content (AvgIpc) is 2.60. The number of anilines is 1. The molecule has 2 aromatic carbocycles. The molecule has 1 atom stereocenters. The van der Waals surface area contributed by atoms with E-state index in [1.807, 2.05) is 0 Å². The summed E-state index contributed by atoms with van der Waals surface area (Å²) in [4.78, 5) is 23.4. The standard InChI is InChI=1S/C18H18Cl2N2O4/c1-10(18(24)25-2)22-17(23)12-5-3-11(4-6-12)9-26-16-14(20)7-13(19)8-15(16)21/h3-8,10H,9,21H2,1-2H3,(H,22,23). The van der Waals surface area contributed by atoms with Crippen LogP contribution in [0.15, 0.2) is 36.4 Å². The van der Waals surface area contributed by atoms with Crippen LogP contribution in [0.4, 0.5) is 5.69 Å². The molecule has 0 aliphatic rings. The van der Waals surface area contributed by atoms with Crippen LogP contribution in [0, 0.1) is 0 Å². The Morgan fingerprint density at radius 3 is 2.42 bits per heavy atom. The zero-order valence-corrected chi connectivity index (χ0v) is 15.7. The van der Waals surface area contributed by atoms with Crippen molar-refractivity contribution in [3.63, 3.8) is 0 Å². The predicted molar refractivity (Wildman–Crippen MR) is 101 cm³/mol. The fraction of sp³-hybridized carbons (Fsp3) is 0.222. The Morgan fingerprint density at radius 1 is 1.19 bits per heavy atom. The van der Waals surface area contributed by atoms with Crippen LogP contribution >= 0.6 is 23.2 Å². The maximum absolute atomic E-state index is 12.1. The van der Waals surface area contributed by atoms with E-state index in [0.717, 1.165) is 5.56 Å². The van der Waals surface area contributed by atoms with E-state index in [1.165, 1.54) is 7.11 Å².